The minimum Gasteiger partial charge on any atom is -0.391 e. The lowest BCUT2D eigenvalue weighted by Gasteiger charge is -2.42. The Morgan fingerprint density at radius 3 is 2.58 bits per heavy atom. The number of nitrogens with zero attached hydrogens (tertiary/aromatic N) is 1. The number of halogens is 1. The third-order valence-electron chi connectivity index (χ3n) is 4.90. The summed E-state index contributed by atoms with van der Waals surface area (Å²) in [6, 6.07) is -0.576. The minimum atomic E-state index is -0.947. The molecule has 2 rings (SSSR count). The van der Waals surface area contributed by atoms with Crippen molar-refractivity contribution in [2.24, 2.45) is 5.41 Å². The minimum absolute atomic E-state index is 0.0926. The van der Waals surface area contributed by atoms with Crippen LogP contribution in [0.3, 0.4) is 0 Å². The average Bonchev–Trinajstić information content (AvgIpc) is 2.52. The van der Waals surface area contributed by atoms with Gasteiger partial charge in [0.1, 0.15) is 6.17 Å². The first-order valence-corrected chi connectivity index (χ1v) is 8.42. The van der Waals surface area contributed by atoms with Gasteiger partial charge in [0, 0.05) is 19.5 Å². The van der Waals surface area contributed by atoms with E-state index in [2.05, 4.69) is 10.6 Å². The fourth-order valence-electron chi connectivity index (χ4n) is 3.16. The highest BCUT2D eigenvalue weighted by Gasteiger charge is 2.47. The highest BCUT2D eigenvalue weighted by Crippen LogP contribution is 2.42. The summed E-state index contributed by atoms with van der Waals surface area (Å²) in [5, 5.41) is 15.4. The van der Waals surface area contributed by atoms with Crippen molar-refractivity contribution >= 4 is 17.7 Å². The van der Waals surface area contributed by atoms with E-state index in [0.717, 1.165) is 0 Å². The van der Waals surface area contributed by atoms with Gasteiger partial charge < -0.3 is 20.6 Å². The van der Waals surface area contributed by atoms with Gasteiger partial charge in [-0.05, 0) is 19.3 Å². The second kappa shape index (κ2) is 7.46. The molecule has 1 aliphatic carbocycles. The van der Waals surface area contributed by atoms with Gasteiger partial charge in [-0.1, -0.05) is 13.8 Å². The number of hydrogen-bond donors (Lipinski definition) is 3. The number of aliphatic hydroxyl groups is 1. The van der Waals surface area contributed by atoms with Gasteiger partial charge >= 0.3 is 0 Å². The first-order valence-electron chi connectivity index (χ1n) is 8.42. The SMILES string of the molecule is CCC(=O)NCC(=O)N1CC[C@@H](O)[C@H](NC(=O)C2(C)CC(F)C2)C1. The van der Waals surface area contributed by atoms with Crippen molar-refractivity contribution in [2.75, 3.05) is 19.6 Å². The number of carbonyl (C=O) groups excluding carboxylic acids is 3. The summed E-state index contributed by atoms with van der Waals surface area (Å²) >= 11 is 0. The molecule has 0 aromatic carbocycles. The fourth-order valence-corrected chi connectivity index (χ4v) is 3.16. The maximum Gasteiger partial charge on any atom is 0.242 e. The number of likely N-dealkylation sites (tertiary alicyclic amines) is 1. The molecule has 0 bridgehead atoms. The number of hydrogen-bond acceptors (Lipinski definition) is 4. The largest absolute Gasteiger partial charge is 0.391 e. The number of alkyl halides is 1. The monoisotopic (exact) mass is 343 g/mol. The summed E-state index contributed by atoms with van der Waals surface area (Å²) in [6.45, 7) is 3.87. The van der Waals surface area contributed by atoms with E-state index < -0.39 is 23.7 Å². The van der Waals surface area contributed by atoms with Crippen LogP contribution in [0.25, 0.3) is 0 Å². The molecule has 2 aliphatic rings. The average molecular weight is 343 g/mol. The van der Waals surface area contributed by atoms with Gasteiger partial charge in [0.2, 0.25) is 17.7 Å². The van der Waals surface area contributed by atoms with Crippen LogP contribution in [0.5, 0.6) is 0 Å². The standard InChI is InChI=1S/C16H26FN3O4/c1-3-13(22)18-8-14(23)20-5-4-12(21)11(9-20)19-15(24)16(2)6-10(17)7-16/h10-12,21H,3-9H2,1-2H3,(H,18,22)(H,19,24)/t10?,11-,12-,16?/m1/s1. The highest BCUT2D eigenvalue weighted by atomic mass is 19.1. The summed E-state index contributed by atoms with van der Waals surface area (Å²) in [5.41, 5.74) is -0.736. The number of rotatable bonds is 5. The van der Waals surface area contributed by atoms with Crippen molar-refractivity contribution in [3.05, 3.63) is 0 Å². The van der Waals surface area contributed by atoms with E-state index >= 15 is 0 Å². The van der Waals surface area contributed by atoms with E-state index in [1.54, 1.807) is 13.8 Å². The third kappa shape index (κ3) is 4.23. The van der Waals surface area contributed by atoms with E-state index in [-0.39, 0.29) is 43.7 Å². The maximum atomic E-state index is 13.1. The topological polar surface area (TPSA) is 98.7 Å². The van der Waals surface area contributed by atoms with Gasteiger partial charge in [0.25, 0.3) is 0 Å². The maximum absolute atomic E-state index is 13.1. The molecule has 1 saturated heterocycles. The van der Waals surface area contributed by atoms with Crippen LogP contribution in [0.1, 0.15) is 39.5 Å². The van der Waals surface area contributed by atoms with Crippen LogP contribution in [0.2, 0.25) is 0 Å². The lowest BCUT2D eigenvalue weighted by atomic mass is 9.68. The van der Waals surface area contributed by atoms with Gasteiger partial charge in [-0.3, -0.25) is 14.4 Å². The van der Waals surface area contributed by atoms with E-state index in [1.807, 2.05) is 0 Å². The Hall–Kier alpha value is -1.70. The number of carbonyl (C=O) groups is 3. The predicted molar refractivity (Wildman–Crippen MR) is 84.7 cm³/mol. The zero-order valence-electron chi connectivity index (χ0n) is 14.2. The third-order valence-corrected chi connectivity index (χ3v) is 4.90. The first-order chi connectivity index (χ1) is 11.2. The molecule has 136 valence electrons. The smallest absolute Gasteiger partial charge is 0.242 e. The van der Waals surface area contributed by atoms with E-state index in [4.69, 9.17) is 0 Å². The van der Waals surface area contributed by atoms with Gasteiger partial charge in [-0.25, -0.2) is 4.39 Å². The number of piperidine rings is 1. The molecule has 1 saturated carbocycles. The van der Waals surface area contributed by atoms with Crippen LogP contribution in [0, 0.1) is 5.41 Å². The van der Waals surface area contributed by atoms with Crippen molar-refractivity contribution in [3.8, 4) is 0 Å². The Balaban J connectivity index is 1.87. The molecular formula is C16H26FN3O4. The second-order valence-electron chi connectivity index (χ2n) is 6.97. The van der Waals surface area contributed by atoms with Crippen LogP contribution >= 0.6 is 0 Å². The zero-order valence-corrected chi connectivity index (χ0v) is 14.2. The van der Waals surface area contributed by atoms with Crippen molar-refractivity contribution in [2.45, 2.75) is 57.8 Å². The molecule has 3 amide bonds. The van der Waals surface area contributed by atoms with E-state index in [9.17, 15) is 23.9 Å². The molecule has 0 unspecified atom stereocenters. The fraction of sp³-hybridized carbons (Fsp3) is 0.812. The van der Waals surface area contributed by atoms with Gasteiger partial charge in [-0.15, -0.1) is 0 Å². The van der Waals surface area contributed by atoms with Crippen LogP contribution < -0.4 is 10.6 Å². The van der Waals surface area contributed by atoms with Crippen molar-refractivity contribution in [1.29, 1.82) is 0 Å². The Kier molecular flexibility index (Phi) is 5.79. The molecular weight excluding hydrogens is 317 g/mol. The summed E-state index contributed by atoms with van der Waals surface area (Å²) in [6.07, 6.45) is -0.661. The van der Waals surface area contributed by atoms with Crippen molar-refractivity contribution in [3.63, 3.8) is 0 Å². The molecule has 1 aliphatic heterocycles. The van der Waals surface area contributed by atoms with Crippen molar-refractivity contribution in [1.82, 2.24) is 15.5 Å². The molecule has 8 heteroatoms. The number of amides is 3. The summed E-state index contributed by atoms with van der Waals surface area (Å²) in [7, 11) is 0. The van der Waals surface area contributed by atoms with Crippen LogP contribution in [0.4, 0.5) is 4.39 Å². The predicted octanol–water partition coefficient (Wildman–Crippen LogP) is -0.271. The quantitative estimate of drug-likeness (QED) is 0.640. The Bertz CT molecular complexity index is 508. The lowest BCUT2D eigenvalue weighted by molar-refractivity contribution is -0.143. The van der Waals surface area contributed by atoms with Crippen LogP contribution in [0.15, 0.2) is 0 Å². The molecule has 3 N–H and O–H groups in total. The van der Waals surface area contributed by atoms with Crippen LogP contribution in [-0.2, 0) is 14.4 Å². The Morgan fingerprint density at radius 1 is 1.33 bits per heavy atom. The summed E-state index contributed by atoms with van der Waals surface area (Å²) in [4.78, 5) is 37.2. The van der Waals surface area contributed by atoms with Gasteiger partial charge in [-0.2, -0.15) is 0 Å². The normalized spacial score (nSPS) is 32.7. The first kappa shape index (κ1) is 18.6. The molecule has 0 aromatic rings. The van der Waals surface area contributed by atoms with Gasteiger partial charge in [0.05, 0.1) is 24.1 Å². The molecule has 24 heavy (non-hydrogen) atoms. The molecule has 2 atom stereocenters. The lowest BCUT2D eigenvalue weighted by Crippen LogP contribution is -2.60. The molecule has 7 nitrogen and oxygen atoms in total. The van der Waals surface area contributed by atoms with E-state index in [0.29, 0.717) is 19.4 Å². The molecule has 0 aromatic heterocycles. The molecule has 2 fully saturated rings. The summed E-state index contributed by atoms with van der Waals surface area (Å²) < 4.78 is 13.1. The Morgan fingerprint density at radius 2 is 2.00 bits per heavy atom. The molecule has 0 spiro atoms. The van der Waals surface area contributed by atoms with Crippen LogP contribution in [-0.4, -0.2) is 65.7 Å². The summed E-state index contributed by atoms with van der Waals surface area (Å²) in [5.74, 6) is -0.736. The second-order valence-corrected chi connectivity index (χ2v) is 6.97. The highest BCUT2D eigenvalue weighted by molar-refractivity contribution is 5.85. The van der Waals surface area contributed by atoms with Crippen molar-refractivity contribution < 1.29 is 23.9 Å². The number of nitrogens with one attached hydrogen (secondary N) is 2. The van der Waals surface area contributed by atoms with Gasteiger partial charge in [0.15, 0.2) is 0 Å². The molecule has 0 radical (unpaired) electrons. The molecule has 1 heterocycles. The Labute approximate surface area is 141 Å². The van der Waals surface area contributed by atoms with E-state index in [1.165, 1.54) is 4.90 Å². The number of aliphatic hydroxyl groups excluding tert-OH is 1. The zero-order chi connectivity index (χ0) is 17.9.